The largest absolute Gasteiger partial charge is 0.393 e. The summed E-state index contributed by atoms with van der Waals surface area (Å²) in [6.07, 6.45) is 9.90. The van der Waals surface area contributed by atoms with Gasteiger partial charge in [0.15, 0.2) is 0 Å². The first-order chi connectivity index (χ1) is 8.72. The molecule has 0 aromatic heterocycles. The van der Waals surface area contributed by atoms with Crippen LogP contribution in [0.2, 0.25) is 0 Å². The molecule has 2 nitrogen and oxygen atoms in total. The standard InChI is InChI=1S/C16H22N2/c1-4-5-6-7-14-8-9-15(10-13(14)2)16(11-17)12-18-3/h6-12,17-18H,4-5H2,1-3H3/b7-6-,16-12+,17-11?. The lowest BCUT2D eigenvalue weighted by molar-refractivity contribution is 0.962. The Morgan fingerprint density at radius 1 is 1.39 bits per heavy atom. The molecule has 0 aliphatic carbocycles. The van der Waals surface area contributed by atoms with Crippen LogP contribution in [0.15, 0.2) is 30.5 Å². The van der Waals surface area contributed by atoms with Gasteiger partial charge in [0.2, 0.25) is 0 Å². The van der Waals surface area contributed by atoms with Gasteiger partial charge in [0.25, 0.3) is 0 Å². The fourth-order valence-electron chi connectivity index (χ4n) is 1.78. The minimum absolute atomic E-state index is 0.893. The Hall–Kier alpha value is -1.83. The number of hydrogen-bond acceptors (Lipinski definition) is 2. The van der Waals surface area contributed by atoms with Gasteiger partial charge in [0, 0.05) is 25.0 Å². The highest BCUT2D eigenvalue weighted by Gasteiger charge is 2.01. The number of unbranched alkanes of at least 4 members (excludes halogenated alkanes) is 1. The van der Waals surface area contributed by atoms with Crippen LogP contribution in [-0.4, -0.2) is 13.3 Å². The molecule has 2 N–H and O–H groups in total. The van der Waals surface area contributed by atoms with Gasteiger partial charge in [0.1, 0.15) is 0 Å². The van der Waals surface area contributed by atoms with Crippen molar-refractivity contribution < 1.29 is 0 Å². The molecule has 0 heterocycles. The Balaban J connectivity index is 2.98. The molecule has 0 unspecified atom stereocenters. The van der Waals surface area contributed by atoms with Crippen molar-refractivity contribution in [1.29, 1.82) is 5.41 Å². The van der Waals surface area contributed by atoms with Crippen LogP contribution in [0.25, 0.3) is 11.6 Å². The van der Waals surface area contributed by atoms with Crippen LogP contribution in [-0.2, 0) is 0 Å². The van der Waals surface area contributed by atoms with Crippen molar-refractivity contribution >= 4 is 17.9 Å². The Morgan fingerprint density at radius 3 is 2.72 bits per heavy atom. The van der Waals surface area contributed by atoms with E-state index in [1.165, 1.54) is 23.8 Å². The molecule has 0 aliphatic heterocycles. The molecular formula is C16H22N2. The number of rotatable bonds is 6. The molecule has 0 amide bonds. The summed E-state index contributed by atoms with van der Waals surface area (Å²) in [6.45, 7) is 4.29. The first-order valence-corrected chi connectivity index (χ1v) is 6.38. The van der Waals surface area contributed by atoms with Crippen LogP contribution >= 0.6 is 0 Å². The molecule has 96 valence electrons. The highest BCUT2D eigenvalue weighted by molar-refractivity contribution is 6.08. The molecule has 0 saturated heterocycles. The van der Waals surface area contributed by atoms with Crippen LogP contribution in [0.1, 0.15) is 36.5 Å². The molecule has 0 saturated carbocycles. The van der Waals surface area contributed by atoms with Gasteiger partial charge in [-0.1, -0.05) is 43.7 Å². The van der Waals surface area contributed by atoms with Gasteiger partial charge in [-0.2, -0.15) is 0 Å². The van der Waals surface area contributed by atoms with Crippen LogP contribution in [0.3, 0.4) is 0 Å². The van der Waals surface area contributed by atoms with Crippen LogP contribution in [0, 0.1) is 12.3 Å². The Bertz CT molecular complexity index is 456. The number of hydrogen-bond donors (Lipinski definition) is 2. The van der Waals surface area contributed by atoms with Gasteiger partial charge in [0.05, 0.1) is 0 Å². The average molecular weight is 242 g/mol. The lowest BCUT2D eigenvalue weighted by atomic mass is 10.0. The minimum Gasteiger partial charge on any atom is -0.393 e. The Kier molecular flexibility index (Phi) is 5.92. The molecule has 0 fully saturated rings. The summed E-state index contributed by atoms with van der Waals surface area (Å²) in [5.41, 5.74) is 4.46. The van der Waals surface area contributed by atoms with E-state index < -0.39 is 0 Å². The zero-order valence-electron chi connectivity index (χ0n) is 11.5. The van der Waals surface area contributed by atoms with Gasteiger partial charge in [-0.3, -0.25) is 0 Å². The second kappa shape index (κ2) is 7.49. The zero-order valence-corrected chi connectivity index (χ0v) is 11.5. The van der Waals surface area contributed by atoms with Gasteiger partial charge in [-0.25, -0.2) is 0 Å². The maximum absolute atomic E-state index is 7.41. The van der Waals surface area contributed by atoms with Crippen LogP contribution < -0.4 is 5.32 Å². The SMILES string of the molecule is CCC/C=C\c1ccc(/C(C=N)=C/NC)cc1C. The van der Waals surface area contributed by atoms with Gasteiger partial charge >= 0.3 is 0 Å². The number of nitrogens with one attached hydrogen (secondary N) is 2. The molecular weight excluding hydrogens is 220 g/mol. The molecule has 1 aromatic carbocycles. The molecule has 1 rings (SSSR count). The fourth-order valence-corrected chi connectivity index (χ4v) is 1.78. The van der Waals surface area contributed by atoms with Gasteiger partial charge in [-0.05, 0) is 30.0 Å². The molecule has 0 radical (unpaired) electrons. The predicted molar refractivity (Wildman–Crippen MR) is 80.9 cm³/mol. The summed E-state index contributed by atoms with van der Waals surface area (Å²) >= 11 is 0. The summed E-state index contributed by atoms with van der Waals surface area (Å²) in [6, 6.07) is 6.30. The monoisotopic (exact) mass is 242 g/mol. The fraction of sp³-hybridized carbons (Fsp3) is 0.312. The van der Waals surface area contributed by atoms with Crippen molar-refractivity contribution in [1.82, 2.24) is 5.32 Å². The highest BCUT2D eigenvalue weighted by Crippen LogP contribution is 2.18. The summed E-state index contributed by atoms with van der Waals surface area (Å²) in [4.78, 5) is 0. The number of aryl methyl sites for hydroxylation is 1. The minimum atomic E-state index is 0.893. The van der Waals surface area contributed by atoms with Crippen molar-refractivity contribution in [3.63, 3.8) is 0 Å². The van der Waals surface area contributed by atoms with Crippen LogP contribution in [0.4, 0.5) is 0 Å². The highest BCUT2D eigenvalue weighted by atomic mass is 14.8. The molecule has 2 heteroatoms. The van der Waals surface area contributed by atoms with E-state index in [2.05, 4.69) is 49.5 Å². The van der Waals surface area contributed by atoms with Crippen molar-refractivity contribution in [3.05, 3.63) is 47.2 Å². The summed E-state index contributed by atoms with van der Waals surface area (Å²) in [5.74, 6) is 0. The summed E-state index contributed by atoms with van der Waals surface area (Å²) in [7, 11) is 1.85. The van der Waals surface area contributed by atoms with E-state index in [1.54, 1.807) is 0 Å². The van der Waals surface area contributed by atoms with E-state index in [1.807, 2.05) is 13.2 Å². The average Bonchev–Trinajstić information content (AvgIpc) is 2.38. The Labute approximate surface area is 110 Å². The van der Waals surface area contributed by atoms with Crippen molar-refractivity contribution in [2.75, 3.05) is 7.05 Å². The van der Waals surface area contributed by atoms with E-state index in [9.17, 15) is 0 Å². The maximum atomic E-state index is 7.41. The lowest BCUT2D eigenvalue weighted by Gasteiger charge is -2.06. The van der Waals surface area contributed by atoms with E-state index in [4.69, 9.17) is 5.41 Å². The third-order valence-electron chi connectivity index (χ3n) is 2.81. The predicted octanol–water partition coefficient (Wildman–Crippen LogP) is 4.02. The second-order valence-corrected chi connectivity index (χ2v) is 4.30. The molecule has 18 heavy (non-hydrogen) atoms. The second-order valence-electron chi connectivity index (χ2n) is 4.30. The normalized spacial score (nSPS) is 11.8. The molecule has 0 bridgehead atoms. The van der Waals surface area contributed by atoms with E-state index in [-0.39, 0.29) is 0 Å². The van der Waals surface area contributed by atoms with Gasteiger partial charge in [-0.15, -0.1) is 0 Å². The van der Waals surface area contributed by atoms with Gasteiger partial charge < -0.3 is 10.7 Å². The topological polar surface area (TPSA) is 35.9 Å². The third-order valence-corrected chi connectivity index (χ3v) is 2.81. The summed E-state index contributed by atoms with van der Waals surface area (Å²) in [5, 5.41) is 10.4. The quantitative estimate of drug-likeness (QED) is 0.726. The molecule has 1 aromatic rings. The first kappa shape index (κ1) is 14.2. The van der Waals surface area contributed by atoms with Crippen LogP contribution in [0.5, 0.6) is 0 Å². The molecule has 0 atom stereocenters. The van der Waals surface area contributed by atoms with Crippen molar-refractivity contribution in [2.45, 2.75) is 26.7 Å². The Morgan fingerprint density at radius 2 is 2.17 bits per heavy atom. The zero-order chi connectivity index (χ0) is 13.4. The number of benzene rings is 1. The molecule has 0 spiro atoms. The van der Waals surface area contributed by atoms with Crippen molar-refractivity contribution in [2.24, 2.45) is 0 Å². The molecule has 0 aliphatic rings. The van der Waals surface area contributed by atoms with E-state index in [0.717, 1.165) is 17.6 Å². The van der Waals surface area contributed by atoms with E-state index in [0.29, 0.717) is 0 Å². The third kappa shape index (κ3) is 3.88. The maximum Gasteiger partial charge on any atom is 0.0270 e. The lowest BCUT2D eigenvalue weighted by Crippen LogP contribution is -1.97. The smallest absolute Gasteiger partial charge is 0.0270 e. The van der Waals surface area contributed by atoms with Crippen molar-refractivity contribution in [3.8, 4) is 0 Å². The number of allylic oxidation sites excluding steroid dienone is 2. The summed E-state index contributed by atoms with van der Waals surface area (Å²) < 4.78 is 0. The first-order valence-electron chi connectivity index (χ1n) is 6.38. The van der Waals surface area contributed by atoms with E-state index >= 15 is 0 Å².